The molecular weight excluding hydrogens is 298 g/mol. The number of carbonyl (C=O) groups excluding carboxylic acids is 1. The van der Waals surface area contributed by atoms with E-state index in [1.54, 1.807) is 4.90 Å². The number of hydrogen-bond donors (Lipinski definition) is 0. The van der Waals surface area contributed by atoms with Gasteiger partial charge in [0.1, 0.15) is 12.4 Å². The van der Waals surface area contributed by atoms with Gasteiger partial charge in [-0.15, -0.1) is 11.8 Å². The number of ether oxygens (including phenoxy) is 2. The molecule has 0 N–H and O–H groups in total. The standard InChI is InChI=1S/C17H23NO3S/c1-17(2,3)18-10-13(21-16(18)19)11-20-14-8-4-6-12-7-5-9-22-15(12)14/h4,6,8,13H,5,7,9-11H2,1-3H3. The third-order valence-corrected chi connectivity index (χ3v) is 5.25. The van der Waals surface area contributed by atoms with Gasteiger partial charge in [0.25, 0.3) is 0 Å². The molecule has 0 bridgehead atoms. The Morgan fingerprint density at radius 2 is 2.23 bits per heavy atom. The predicted octanol–water partition coefficient (Wildman–Crippen LogP) is 3.72. The summed E-state index contributed by atoms with van der Waals surface area (Å²) < 4.78 is 11.4. The van der Waals surface area contributed by atoms with Gasteiger partial charge in [-0.1, -0.05) is 12.1 Å². The van der Waals surface area contributed by atoms with E-state index in [0.717, 1.165) is 17.9 Å². The van der Waals surface area contributed by atoms with Crippen LogP contribution >= 0.6 is 11.8 Å². The van der Waals surface area contributed by atoms with Crippen molar-refractivity contribution in [1.29, 1.82) is 0 Å². The monoisotopic (exact) mass is 321 g/mol. The lowest BCUT2D eigenvalue weighted by atomic mass is 10.1. The molecule has 1 amide bonds. The summed E-state index contributed by atoms with van der Waals surface area (Å²) in [7, 11) is 0. The summed E-state index contributed by atoms with van der Waals surface area (Å²) in [6, 6.07) is 6.23. The molecule has 1 atom stereocenters. The van der Waals surface area contributed by atoms with Gasteiger partial charge in [0, 0.05) is 5.54 Å². The van der Waals surface area contributed by atoms with Gasteiger partial charge in [-0.3, -0.25) is 4.90 Å². The summed E-state index contributed by atoms with van der Waals surface area (Å²) in [5.74, 6) is 2.07. The van der Waals surface area contributed by atoms with Crippen LogP contribution in [0.4, 0.5) is 4.79 Å². The number of carbonyl (C=O) groups is 1. The van der Waals surface area contributed by atoms with Crippen LogP contribution in [0.15, 0.2) is 23.1 Å². The molecule has 1 saturated heterocycles. The summed E-state index contributed by atoms with van der Waals surface area (Å²) in [6.07, 6.45) is 1.90. The van der Waals surface area contributed by atoms with Crippen molar-refractivity contribution in [1.82, 2.24) is 4.90 Å². The minimum Gasteiger partial charge on any atom is -0.488 e. The minimum absolute atomic E-state index is 0.198. The van der Waals surface area contributed by atoms with Crippen molar-refractivity contribution >= 4 is 17.9 Å². The lowest BCUT2D eigenvalue weighted by molar-refractivity contribution is 0.0985. The molecule has 0 saturated carbocycles. The third kappa shape index (κ3) is 3.19. The highest BCUT2D eigenvalue weighted by atomic mass is 32.2. The highest BCUT2D eigenvalue weighted by Crippen LogP contribution is 2.37. The Hall–Kier alpha value is -1.36. The van der Waals surface area contributed by atoms with E-state index in [-0.39, 0.29) is 17.7 Å². The maximum Gasteiger partial charge on any atom is 0.410 e. The van der Waals surface area contributed by atoms with Crippen LogP contribution in [0.1, 0.15) is 32.8 Å². The van der Waals surface area contributed by atoms with Gasteiger partial charge in [-0.05, 0) is 51.0 Å². The molecule has 120 valence electrons. The van der Waals surface area contributed by atoms with E-state index in [4.69, 9.17) is 9.47 Å². The Labute approximate surface area is 136 Å². The van der Waals surface area contributed by atoms with Crippen LogP contribution in [-0.2, 0) is 11.2 Å². The Bertz CT molecular complexity index is 568. The Kier molecular flexibility index (Phi) is 4.26. The van der Waals surface area contributed by atoms with Crippen molar-refractivity contribution in [2.24, 2.45) is 0 Å². The van der Waals surface area contributed by atoms with Gasteiger partial charge >= 0.3 is 6.09 Å². The molecule has 4 nitrogen and oxygen atoms in total. The van der Waals surface area contributed by atoms with Gasteiger partial charge in [0.2, 0.25) is 0 Å². The molecule has 2 aliphatic heterocycles. The predicted molar refractivity (Wildman–Crippen MR) is 87.7 cm³/mol. The van der Waals surface area contributed by atoms with Crippen LogP contribution in [0.25, 0.3) is 0 Å². The fourth-order valence-corrected chi connectivity index (χ4v) is 3.93. The van der Waals surface area contributed by atoms with Gasteiger partial charge in [-0.2, -0.15) is 0 Å². The number of nitrogens with zero attached hydrogens (tertiary/aromatic N) is 1. The first-order chi connectivity index (χ1) is 10.4. The molecule has 1 aromatic rings. The molecule has 2 aliphatic rings. The lowest BCUT2D eigenvalue weighted by Crippen LogP contribution is -2.42. The van der Waals surface area contributed by atoms with Crippen LogP contribution < -0.4 is 4.74 Å². The average molecular weight is 321 g/mol. The van der Waals surface area contributed by atoms with Gasteiger partial charge < -0.3 is 9.47 Å². The average Bonchev–Trinajstić information content (AvgIpc) is 2.86. The fraction of sp³-hybridized carbons (Fsp3) is 0.588. The number of aryl methyl sites for hydroxylation is 1. The first-order valence-corrected chi connectivity index (χ1v) is 8.79. The van der Waals surface area contributed by atoms with Crippen molar-refractivity contribution in [3.8, 4) is 5.75 Å². The van der Waals surface area contributed by atoms with Crippen LogP contribution in [-0.4, -0.2) is 41.5 Å². The highest BCUT2D eigenvalue weighted by Gasteiger charge is 2.38. The minimum atomic E-state index is -0.245. The topological polar surface area (TPSA) is 38.8 Å². The van der Waals surface area contributed by atoms with E-state index in [1.165, 1.54) is 16.9 Å². The lowest BCUT2D eigenvalue weighted by Gasteiger charge is -2.29. The van der Waals surface area contributed by atoms with Gasteiger partial charge in [-0.25, -0.2) is 4.79 Å². The zero-order valence-corrected chi connectivity index (χ0v) is 14.2. The molecule has 1 unspecified atom stereocenters. The summed E-state index contributed by atoms with van der Waals surface area (Å²) in [6.45, 7) is 7.05. The van der Waals surface area contributed by atoms with Crippen molar-refractivity contribution < 1.29 is 14.3 Å². The summed E-state index contributed by atoms with van der Waals surface area (Å²) in [5, 5.41) is 0. The van der Waals surface area contributed by atoms with Crippen molar-refractivity contribution in [3.63, 3.8) is 0 Å². The fourth-order valence-electron chi connectivity index (χ4n) is 2.81. The van der Waals surface area contributed by atoms with Crippen LogP contribution in [0.5, 0.6) is 5.75 Å². The third-order valence-electron chi connectivity index (χ3n) is 4.01. The Morgan fingerprint density at radius 1 is 1.41 bits per heavy atom. The van der Waals surface area contributed by atoms with Crippen LogP contribution in [0.2, 0.25) is 0 Å². The van der Waals surface area contributed by atoms with E-state index in [9.17, 15) is 4.79 Å². The quantitative estimate of drug-likeness (QED) is 0.850. The van der Waals surface area contributed by atoms with Crippen molar-refractivity contribution in [2.75, 3.05) is 18.9 Å². The normalized spacial score (nSPS) is 21.5. The molecule has 1 fully saturated rings. The number of thioether (sulfide) groups is 1. The summed E-state index contributed by atoms with van der Waals surface area (Å²) >= 11 is 1.86. The van der Waals surface area contributed by atoms with Crippen LogP contribution in [0.3, 0.4) is 0 Å². The number of benzene rings is 1. The molecule has 0 spiro atoms. The molecule has 0 aliphatic carbocycles. The number of fused-ring (bicyclic) bond motifs is 1. The van der Waals surface area contributed by atoms with E-state index in [1.807, 2.05) is 44.7 Å². The second kappa shape index (κ2) is 6.03. The number of rotatable bonds is 3. The van der Waals surface area contributed by atoms with E-state index in [2.05, 4.69) is 6.07 Å². The summed E-state index contributed by atoms with van der Waals surface area (Å²) in [4.78, 5) is 14.9. The van der Waals surface area contributed by atoms with Gasteiger partial charge in [0.05, 0.1) is 11.4 Å². The molecule has 5 heteroatoms. The molecule has 2 heterocycles. The van der Waals surface area contributed by atoms with Crippen molar-refractivity contribution in [3.05, 3.63) is 23.8 Å². The zero-order chi connectivity index (χ0) is 15.7. The maximum atomic E-state index is 11.9. The number of amides is 1. The first kappa shape index (κ1) is 15.5. The second-order valence-corrected chi connectivity index (χ2v) is 7.90. The zero-order valence-electron chi connectivity index (χ0n) is 13.4. The highest BCUT2D eigenvalue weighted by molar-refractivity contribution is 7.99. The van der Waals surface area contributed by atoms with Crippen LogP contribution in [0, 0.1) is 0 Å². The largest absolute Gasteiger partial charge is 0.488 e. The molecular formula is C17H23NO3S. The van der Waals surface area contributed by atoms with Gasteiger partial charge in [0.15, 0.2) is 6.10 Å². The van der Waals surface area contributed by atoms with E-state index in [0.29, 0.717) is 13.2 Å². The molecule has 22 heavy (non-hydrogen) atoms. The maximum absolute atomic E-state index is 11.9. The smallest absolute Gasteiger partial charge is 0.410 e. The molecule has 0 radical (unpaired) electrons. The molecule has 0 aromatic heterocycles. The van der Waals surface area contributed by atoms with E-state index < -0.39 is 0 Å². The van der Waals surface area contributed by atoms with E-state index >= 15 is 0 Å². The number of cyclic esters (lactones) is 1. The first-order valence-electron chi connectivity index (χ1n) is 7.81. The second-order valence-electron chi connectivity index (χ2n) is 6.79. The summed E-state index contributed by atoms with van der Waals surface area (Å²) in [5.41, 5.74) is 1.15. The number of hydrogen-bond acceptors (Lipinski definition) is 4. The Morgan fingerprint density at radius 3 is 2.95 bits per heavy atom. The molecule has 3 rings (SSSR count). The Balaban J connectivity index is 1.63. The van der Waals surface area contributed by atoms with Crippen molar-refractivity contribution in [2.45, 2.75) is 50.2 Å². The SMILES string of the molecule is CC(C)(C)N1CC(COc2cccc3c2SCCC3)OC1=O. The molecule has 1 aromatic carbocycles.